The van der Waals surface area contributed by atoms with Crippen LogP contribution in [-0.2, 0) is 17.6 Å². The first-order valence-electron chi connectivity index (χ1n) is 8.99. The number of ether oxygens (including phenoxy) is 2. The quantitative estimate of drug-likeness (QED) is 0.666. The van der Waals surface area contributed by atoms with Crippen molar-refractivity contribution in [1.82, 2.24) is 5.32 Å². The van der Waals surface area contributed by atoms with Crippen LogP contribution in [0.1, 0.15) is 20.8 Å². The third-order valence-corrected chi connectivity index (χ3v) is 5.43. The van der Waals surface area contributed by atoms with Crippen LogP contribution in [0.2, 0.25) is 0 Å². The van der Waals surface area contributed by atoms with Crippen LogP contribution in [0.25, 0.3) is 0 Å². The Morgan fingerprint density at radius 2 is 1.86 bits per heavy atom. The smallest absolute Gasteiger partial charge is 0.261 e. The second-order valence-electron chi connectivity index (χ2n) is 6.49. The van der Waals surface area contributed by atoms with Gasteiger partial charge in [-0.1, -0.05) is 48.5 Å². The van der Waals surface area contributed by atoms with Gasteiger partial charge in [0.2, 0.25) is 6.79 Å². The van der Waals surface area contributed by atoms with Crippen molar-refractivity contribution >= 4 is 23.0 Å². The van der Waals surface area contributed by atoms with Crippen molar-refractivity contribution in [3.05, 3.63) is 82.0 Å². The molecule has 1 amide bonds. The van der Waals surface area contributed by atoms with Gasteiger partial charge in [-0.15, -0.1) is 11.3 Å². The van der Waals surface area contributed by atoms with Crippen LogP contribution >= 0.6 is 11.3 Å². The van der Waals surface area contributed by atoms with Gasteiger partial charge >= 0.3 is 0 Å². The molecule has 2 aromatic carbocycles. The van der Waals surface area contributed by atoms with Crippen molar-refractivity contribution in [1.29, 1.82) is 0 Å². The van der Waals surface area contributed by atoms with Gasteiger partial charge in [-0.3, -0.25) is 9.59 Å². The number of para-hydroxylation sites is 1. The number of amides is 1. The molecule has 1 atom stereocenters. The topological polar surface area (TPSA) is 64.6 Å². The summed E-state index contributed by atoms with van der Waals surface area (Å²) < 4.78 is 10.9. The van der Waals surface area contributed by atoms with Crippen molar-refractivity contribution in [2.45, 2.75) is 18.9 Å². The molecule has 3 aromatic rings. The first kappa shape index (κ1) is 18.3. The first-order chi connectivity index (χ1) is 13.7. The summed E-state index contributed by atoms with van der Waals surface area (Å²) in [4.78, 5) is 26.3. The monoisotopic (exact) mass is 393 g/mol. The third-order valence-electron chi connectivity index (χ3n) is 4.56. The molecule has 2 heterocycles. The number of fused-ring (bicyclic) bond motifs is 1. The van der Waals surface area contributed by atoms with E-state index in [1.165, 1.54) is 11.3 Å². The van der Waals surface area contributed by atoms with Crippen LogP contribution in [0.15, 0.2) is 66.0 Å². The Hall–Kier alpha value is -3.12. The van der Waals surface area contributed by atoms with Crippen LogP contribution < -0.4 is 14.8 Å². The standard InChI is InChI=1S/C22H19NO4S/c24-18(13-16-8-4-9-19-21(16)27-14-26-19)17(12-15-6-2-1-3-7-15)23-22(25)20-10-5-11-28-20/h1-11,17H,12-14H2,(H,23,25). The number of Topliss-reactive ketones (excluding diaryl/α,β-unsaturated/α-hetero) is 1. The van der Waals surface area contributed by atoms with Gasteiger partial charge in [0, 0.05) is 12.0 Å². The number of hydrogen-bond acceptors (Lipinski definition) is 5. The van der Waals surface area contributed by atoms with Gasteiger partial charge in [-0.25, -0.2) is 0 Å². The summed E-state index contributed by atoms with van der Waals surface area (Å²) in [6, 6.07) is 18.1. The Bertz CT molecular complexity index is 969. The highest BCUT2D eigenvalue weighted by molar-refractivity contribution is 7.12. The van der Waals surface area contributed by atoms with Crippen LogP contribution in [0, 0.1) is 0 Å². The fourth-order valence-corrected chi connectivity index (χ4v) is 3.80. The minimum Gasteiger partial charge on any atom is -0.454 e. The zero-order chi connectivity index (χ0) is 19.3. The fourth-order valence-electron chi connectivity index (χ4n) is 3.17. The van der Waals surface area contributed by atoms with Crippen molar-refractivity contribution in [3.8, 4) is 11.5 Å². The van der Waals surface area contributed by atoms with Crippen molar-refractivity contribution in [3.63, 3.8) is 0 Å². The molecule has 0 saturated carbocycles. The zero-order valence-corrected chi connectivity index (χ0v) is 15.9. The van der Waals surface area contributed by atoms with E-state index < -0.39 is 6.04 Å². The van der Waals surface area contributed by atoms with E-state index in [4.69, 9.17) is 9.47 Å². The van der Waals surface area contributed by atoms with Gasteiger partial charge in [-0.05, 0) is 29.5 Å². The predicted octanol–water partition coefficient (Wildman–Crippen LogP) is 3.63. The van der Waals surface area contributed by atoms with E-state index in [1.54, 1.807) is 6.07 Å². The molecule has 6 heteroatoms. The van der Waals surface area contributed by atoms with Crippen molar-refractivity contribution < 1.29 is 19.1 Å². The normalized spacial score (nSPS) is 13.1. The highest BCUT2D eigenvalue weighted by atomic mass is 32.1. The maximum absolute atomic E-state index is 13.1. The van der Waals surface area contributed by atoms with Crippen LogP contribution in [-0.4, -0.2) is 24.5 Å². The summed E-state index contributed by atoms with van der Waals surface area (Å²) in [6.45, 7) is 0.156. The maximum atomic E-state index is 13.1. The van der Waals surface area contributed by atoms with E-state index in [1.807, 2.05) is 60.0 Å². The molecule has 1 aliphatic heterocycles. The second-order valence-corrected chi connectivity index (χ2v) is 7.43. The lowest BCUT2D eigenvalue weighted by Gasteiger charge is -2.18. The van der Waals surface area contributed by atoms with Gasteiger partial charge in [0.1, 0.15) is 0 Å². The number of ketones is 1. The van der Waals surface area contributed by atoms with Gasteiger partial charge in [-0.2, -0.15) is 0 Å². The molecule has 1 unspecified atom stereocenters. The Balaban J connectivity index is 1.54. The van der Waals surface area contributed by atoms with Gasteiger partial charge in [0.15, 0.2) is 17.3 Å². The van der Waals surface area contributed by atoms with Gasteiger partial charge in [0.25, 0.3) is 5.91 Å². The van der Waals surface area contributed by atoms with E-state index in [0.29, 0.717) is 22.8 Å². The van der Waals surface area contributed by atoms with Crippen LogP contribution in [0.5, 0.6) is 11.5 Å². The molecule has 0 saturated heterocycles. The zero-order valence-electron chi connectivity index (χ0n) is 15.1. The van der Waals surface area contributed by atoms with Gasteiger partial charge in [0.05, 0.1) is 10.9 Å². The molecular weight excluding hydrogens is 374 g/mol. The molecule has 0 bridgehead atoms. The summed E-state index contributed by atoms with van der Waals surface area (Å²) in [6.07, 6.45) is 0.595. The number of carbonyl (C=O) groups excluding carboxylic acids is 2. The average Bonchev–Trinajstić information content (AvgIpc) is 3.40. The minimum absolute atomic E-state index is 0.0716. The van der Waals surface area contributed by atoms with E-state index in [0.717, 1.165) is 11.1 Å². The summed E-state index contributed by atoms with van der Waals surface area (Å²) in [5.41, 5.74) is 1.76. The van der Waals surface area contributed by atoms with Crippen molar-refractivity contribution in [2.24, 2.45) is 0 Å². The molecule has 1 aliphatic rings. The van der Waals surface area contributed by atoms with Gasteiger partial charge < -0.3 is 14.8 Å². The Morgan fingerprint density at radius 3 is 2.64 bits per heavy atom. The molecule has 0 aliphatic carbocycles. The van der Waals surface area contributed by atoms with Crippen molar-refractivity contribution in [2.75, 3.05) is 6.79 Å². The number of hydrogen-bond donors (Lipinski definition) is 1. The molecule has 4 rings (SSSR count). The molecule has 28 heavy (non-hydrogen) atoms. The summed E-state index contributed by atoms with van der Waals surface area (Å²) in [5, 5.41) is 4.75. The highest BCUT2D eigenvalue weighted by Crippen LogP contribution is 2.35. The summed E-state index contributed by atoms with van der Waals surface area (Å²) >= 11 is 1.35. The number of rotatable bonds is 7. The number of benzene rings is 2. The molecule has 0 fully saturated rings. The number of carbonyl (C=O) groups is 2. The Kier molecular flexibility index (Phi) is 5.39. The molecule has 1 aromatic heterocycles. The third kappa shape index (κ3) is 4.07. The largest absolute Gasteiger partial charge is 0.454 e. The molecule has 0 spiro atoms. The maximum Gasteiger partial charge on any atom is 0.261 e. The Labute approximate surface area is 166 Å². The molecular formula is C22H19NO4S. The SMILES string of the molecule is O=C(NC(Cc1ccccc1)C(=O)Cc1cccc2c1OCO2)c1cccs1. The number of thiophene rings is 1. The van der Waals surface area contributed by atoms with Crippen LogP contribution in [0.4, 0.5) is 0 Å². The van der Waals surface area contributed by atoms with E-state index in [9.17, 15) is 9.59 Å². The molecule has 1 N–H and O–H groups in total. The lowest BCUT2D eigenvalue weighted by atomic mass is 9.97. The molecule has 0 radical (unpaired) electrons. The molecule has 142 valence electrons. The lowest BCUT2D eigenvalue weighted by molar-refractivity contribution is -0.120. The second kappa shape index (κ2) is 8.27. The summed E-state index contributed by atoms with van der Waals surface area (Å²) in [5.74, 6) is 0.950. The first-order valence-corrected chi connectivity index (χ1v) is 9.87. The summed E-state index contributed by atoms with van der Waals surface area (Å²) in [7, 11) is 0. The molecule has 5 nitrogen and oxygen atoms in total. The number of nitrogens with one attached hydrogen (secondary N) is 1. The van der Waals surface area contributed by atoms with E-state index in [-0.39, 0.29) is 24.9 Å². The predicted molar refractivity (Wildman–Crippen MR) is 107 cm³/mol. The van der Waals surface area contributed by atoms with E-state index in [2.05, 4.69) is 5.32 Å². The average molecular weight is 393 g/mol. The Morgan fingerprint density at radius 1 is 1.00 bits per heavy atom. The van der Waals surface area contributed by atoms with E-state index >= 15 is 0 Å². The lowest BCUT2D eigenvalue weighted by Crippen LogP contribution is -2.43. The van der Waals surface area contributed by atoms with Crippen LogP contribution in [0.3, 0.4) is 0 Å². The highest BCUT2D eigenvalue weighted by Gasteiger charge is 2.25. The minimum atomic E-state index is -0.629. The fraction of sp³-hybridized carbons (Fsp3) is 0.182.